The molecule has 0 spiro atoms. The van der Waals surface area contributed by atoms with Crippen LogP contribution >= 0.6 is 0 Å². The fraction of sp³-hybridized carbons (Fsp3) is 0.333. The zero-order chi connectivity index (χ0) is 19.4. The summed E-state index contributed by atoms with van der Waals surface area (Å²) in [6, 6.07) is 13.2. The Kier molecular flexibility index (Phi) is 5.64. The number of benzene rings is 2. The third kappa shape index (κ3) is 4.05. The second kappa shape index (κ2) is 8.12. The number of hydrazone groups is 1. The standard InChI is InChI=1S/C21H25N3O3/c1-4-15-12-20(25)24(13-14-5-8-17(22)9-6-14)23-21(15)16-7-10-18(26-2)19(11-16)27-3/h5-11,15H,4,12-13,22H2,1-3H3. The highest BCUT2D eigenvalue weighted by Gasteiger charge is 2.29. The lowest BCUT2D eigenvalue weighted by Crippen LogP contribution is -2.36. The van der Waals surface area contributed by atoms with Crippen molar-refractivity contribution in [2.45, 2.75) is 26.3 Å². The molecule has 1 heterocycles. The molecule has 3 rings (SSSR count). The van der Waals surface area contributed by atoms with Crippen LogP contribution in [0.4, 0.5) is 5.69 Å². The summed E-state index contributed by atoms with van der Waals surface area (Å²) in [4.78, 5) is 12.6. The second-order valence-electron chi connectivity index (χ2n) is 6.56. The van der Waals surface area contributed by atoms with Gasteiger partial charge < -0.3 is 15.2 Å². The van der Waals surface area contributed by atoms with E-state index in [0.29, 0.717) is 30.2 Å². The van der Waals surface area contributed by atoms with E-state index in [2.05, 4.69) is 6.92 Å². The second-order valence-corrected chi connectivity index (χ2v) is 6.56. The van der Waals surface area contributed by atoms with Crippen LogP contribution in [0.25, 0.3) is 0 Å². The van der Waals surface area contributed by atoms with Gasteiger partial charge in [-0.1, -0.05) is 19.1 Å². The number of hydrogen-bond acceptors (Lipinski definition) is 5. The summed E-state index contributed by atoms with van der Waals surface area (Å²) in [5.74, 6) is 1.43. The highest BCUT2D eigenvalue weighted by molar-refractivity contribution is 6.06. The lowest BCUT2D eigenvalue weighted by Gasteiger charge is -2.29. The van der Waals surface area contributed by atoms with E-state index in [-0.39, 0.29) is 11.8 Å². The Bertz CT molecular complexity index is 846. The number of carbonyl (C=O) groups excluding carboxylic acids is 1. The Morgan fingerprint density at radius 3 is 2.44 bits per heavy atom. The summed E-state index contributed by atoms with van der Waals surface area (Å²) < 4.78 is 10.7. The molecule has 0 saturated heterocycles. The van der Waals surface area contributed by atoms with Crippen LogP contribution in [-0.4, -0.2) is 30.8 Å². The smallest absolute Gasteiger partial charge is 0.243 e. The molecule has 2 N–H and O–H groups in total. The largest absolute Gasteiger partial charge is 0.493 e. The van der Waals surface area contributed by atoms with Gasteiger partial charge in [0.2, 0.25) is 5.91 Å². The Balaban J connectivity index is 1.95. The number of hydrogen-bond donors (Lipinski definition) is 1. The van der Waals surface area contributed by atoms with Gasteiger partial charge in [0.25, 0.3) is 0 Å². The molecule has 0 saturated carbocycles. The molecular formula is C21H25N3O3. The quantitative estimate of drug-likeness (QED) is 0.794. The van der Waals surface area contributed by atoms with Crippen LogP contribution in [0.15, 0.2) is 47.6 Å². The molecular weight excluding hydrogens is 342 g/mol. The maximum absolute atomic E-state index is 12.6. The molecule has 0 fully saturated rings. The number of nitrogens with two attached hydrogens (primary N) is 1. The van der Waals surface area contributed by atoms with E-state index in [1.807, 2.05) is 42.5 Å². The molecule has 6 heteroatoms. The highest BCUT2D eigenvalue weighted by atomic mass is 16.5. The summed E-state index contributed by atoms with van der Waals surface area (Å²) in [6.45, 7) is 2.50. The van der Waals surface area contributed by atoms with E-state index in [4.69, 9.17) is 20.3 Å². The summed E-state index contributed by atoms with van der Waals surface area (Å²) in [5.41, 5.74) is 9.27. The summed E-state index contributed by atoms with van der Waals surface area (Å²) in [7, 11) is 3.22. The van der Waals surface area contributed by atoms with Crippen LogP contribution in [-0.2, 0) is 11.3 Å². The Hall–Kier alpha value is -3.02. The van der Waals surface area contributed by atoms with Gasteiger partial charge in [-0.25, -0.2) is 5.01 Å². The van der Waals surface area contributed by atoms with Gasteiger partial charge in [0.05, 0.1) is 26.5 Å². The first-order chi connectivity index (χ1) is 13.0. The van der Waals surface area contributed by atoms with Crippen molar-refractivity contribution in [3.8, 4) is 11.5 Å². The lowest BCUT2D eigenvalue weighted by atomic mass is 9.89. The molecule has 2 aromatic rings. The van der Waals surface area contributed by atoms with E-state index in [9.17, 15) is 4.79 Å². The average molecular weight is 367 g/mol. The normalized spacial score (nSPS) is 16.9. The monoisotopic (exact) mass is 367 g/mol. The molecule has 0 aliphatic carbocycles. The first kappa shape index (κ1) is 18.8. The van der Waals surface area contributed by atoms with E-state index < -0.39 is 0 Å². The zero-order valence-corrected chi connectivity index (χ0v) is 15.9. The minimum absolute atomic E-state index is 0.0305. The maximum atomic E-state index is 12.6. The van der Waals surface area contributed by atoms with Gasteiger partial charge in [0.15, 0.2) is 11.5 Å². The van der Waals surface area contributed by atoms with Gasteiger partial charge in [-0.3, -0.25) is 4.79 Å². The Morgan fingerprint density at radius 2 is 1.81 bits per heavy atom. The number of amides is 1. The zero-order valence-electron chi connectivity index (χ0n) is 15.9. The molecule has 1 aliphatic rings. The fourth-order valence-electron chi connectivity index (χ4n) is 3.23. The van der Waals surface area contributed by atoms with E-state index in [0.717, 1.165) is 23.3 Å². The first-order valence-corrected chi connectivity index (χ1v) is 9.01. The maximum Gasteiger partial charge on any atom is 0.243 e. The predicted molar refractivity (Wildman–Crippen MR) is 106 cm³/mol. The van der Waals surface area contributed by atoms with Crippen LogP contribution in [0.1, 0.15) is 30.9 Å². The fourth-order valence-corrected chi connectivity index (χ4v) is 3.23. The van der Waals surface area contributed by atoms with Crippen molar-refractivity contribution in [2.24, 2.45) is 11.0 Å². The molecule has 1 aliphatic heterocycles. The number of nitrogen functional groups attached to an aromatic ring is 1. The van der Waals surface area contributed by atoms with E-state index in [1.165, 1.54) is 0 Å². The molecule has 27 heavy (non-hydrogen) atoms. The Morgan fingerprint density at radius 1 is 1.11 bits per heavy atom. The van der Waals surface area contributed by atoms with Crippen LogP contribution in [0.3, 0.4) is 0 Å². The minimum Gasteiger partial charge on any atom is -0.493 e. The molecule has 2 aromatic carbocycles. The SMILES string of the molecule is CCC1CC(=O)N(Cc2ccc(N)cc2)N=C1c1ccc(OC)c(OC)c1. The predicted octanol–water partition coefficient (Wildman–Crippen LogP) is 3.45. The lowest BCUT2D eigenvalue weighted by molar-refractivity contribution is -0.133. The minimum atomic E-state index is 0.0305. The van der Waals surface area contributed by atoms with Crippen molar-refractivity contribution in [1.29, 1.82) is 0 Å². The van der Waals surface area contributed by atoms with Crippen LogP contribution in [0.2, 0.25) is 0 Å². The van der Waals surface area contributed by atoms with Crippen molar-refractivity contribution in [2.75, 3.05) is 20.0 Å². The van der Waals surface area contributed by atoms with Gasteiger partial charge in [0.1, 0.15) is 0 Å². The summed E-state index contributed by atoms with van der Waals surface area (Å²) in [5, 5.41) is 6.25. The van der Waals surface area contributed by atoms with Crippen molar-refractivity contribution in [1.82, 2.24) is 5.01 Å². The van der Waals surface area contributed by atoms with Crippen molar-refractivity contribution >= 4 is 17.3 Å². The van der Waals surface area contributed by atoms with Crippen molar-refractivity contribution in [3.63, 3.8) is 0 Å². The molecule has 6 nitrogen and oxygen atoms in total. The van der Waals surface area contributed by atoms with Crippen molar-refractivity contribution in [3.05, 3.63) is 53.6 Å². The first-order valence-electron chi connectivity index (χ1n) is 9.01. The van der Waals surface area contributed by atoms with Gasteiger partial charge in [-0.15, -0.1) is 0 Å². The molecule has 0 radical (unpaired) electrons. The van der Waals surface area contributed by atoms with Gasteiger partial charge in [-0.2, -0.15) is 5.10 Å². The molecule has 0 aromatic heterocycles. The number of anilines is 1. The molecule has 0 bridgehead atoms. The molecule has 1 atom stereocenters. The van der Waals surface area contributed by atoms with E-state index >= 15 is 0 Å². The summed E-state index contributed by atoms with van der Waals surface area (Å²) in [6.07, 6.45) is 1.28. The summed E-state index contributed by atoms with van der Waals surface area (Å²) >= 11 is 0. The Labute approximate surface area is 159 Å². The third-order valence-corrected chi connectivity index (χ3v) is 4.81. The number of carbonyl (C=O) groups is 1. The third-order valence-electron chi connectivity index (χ3n) is 4.81. The van der Waals surface area contributed by atoms with Crippen LogP contribution < -0.4 is 15.2 Å². The van der Waals surface area contributed by atoms with Gasteiger partial charge >= 0.3 is 0 Å². The average Bonchev–Trinajstić information content (AvgIpc) is 2.70. The number of rotatable bonds is 6. The van der Waals surface area contributed by atoms with Crippen LogP contribution in [0.5, 0.6) is 11.5 Å². The van der Waals surface area contributed by atoms with Gasteiger partial charge in [-0.05, 0) is 42.3 Å². The van der Waals surface area contributed by atoms with E-state index in [1.54, 1.807) is 19.2 Å². The number of nitrogens with zero attached hydrogens (tertiary/aromatic N) is 2. The highest BCUT2D eigenvalue weighted by Crippen LogP contribution is 2.31. The molecule has 1 unspecified atom stereocenters. The number of methoxy groups -OCH3 is 2. The van der Waals surface area contributed by atoms with Gasteiger partial charge in [0, 0.05) is 23.6 Å². The van der Waals surface area contributed by atoms with Crippen molar-refractivity contribution < 1.29 is 14.3 Å². The molecule has 1 amide bonds. The molecule has 142 valence electrons. The topological polar surface area (TPSA) is 77.2 Å². The van der Waals surface area contributed by atoms with Crippen LogP contribution in [0, 0.1) is 5.92 Å². The number of ether oxygens (including phenoxy) is 2.